The van der Waals surface area contributed by atoms with Gasteiger partial charge in [-0.05, 0) is 31.0 Å². The molecule has 0 radical (unpaired) electrons. The number of alkyl halides is 3. The predicted octanol–water partition coefficient (Wildman–Crippen LogP) is 3.10. The molecular weight excluding hydrogens is 451 g/mol. The summed E-state index contributed by atoms with van der Waals surface area (Å²) in [6, 6.07) is 5.85. The van der Waals surface area contributed by atoms with Crippen LogP contribution in [0, 0.1) is 16.7 Å². The summed E-state index contributed by atoms with van der Waals surface area (Å²) in [7, 11) is 0. The molecule has 1 aromatic carbocycles. The van der Waals surface area contributed by atoms with Crippen molar-refractivity contribution in [3.05, 3.63) is 54.0 Å². The lowest BCUT2D eigenvalue weighted by atomic mass is 9.60. The van der Waals surface area contributed by atoms with Crippen molar-refractivity contribution in [3.8, 4) is 6.07 Å². The molecule has 1 saturated carbocycles. The van der Waals surface area contributed by atoms with Gasteiger partial charge in [-0.3, -0.25) is 4.79 Å². The fourth-order valence-corrected chi connectivity index (χ4v) is 4.87. The highest BCUT2D eigenvalue weighted by atomic mass is 19.4. The summed E-state index contributed by atoms with van der Waals surface area (Å²) in [6.07, 6.45) is 1.77. The molecule has 3 amide bonds. The van der Waals surface area contributed by atoms with Crippen LogP contribution in [0.25, 0.3) is 5.65 Å². The van der Waals surface area contributed by atoms with Gasteiger partial charge in [0.2, 0.25) is 0 Å². The molecule has 2 aliphatic rings. The van der Waals surface area contributed by atoms with Crippen LogP contribution in [-0.2, 0) is 12.7 Å². The van der Waals surface area contributed by atoms with Crippen LogP contribution in [0.1, 0.15) is 28.8 Å². The minimum Gasteiger partial charge on any atom is -0.337 e. The summed E-state index contributed by atoms with van der Waals surface area (Å²) in [6.45, 7) is 1.22. The van der Waals surface area contributed by atoms with Crippen molar-refractivity contribution in [3.63, 3.8) is 0 Å². The van der Waals surface area contributed by atoms with E-state index in [-0.39, 0.29) is 29.6 Å². The van der Waals surface area contributed by atoms with Crippen LogP contribution in [0.5, 0.6) is 0 Å². The molecule has 0 bridgehead atoms. The molecule has 0 atom stereocenters. The maximum Gasteiger partial charge on any atom is 0.416 e. The molecule has 0 unspecified atom stereocenters. The van der Waals surface area contributed by atoms with Gasteiger partial charge in [0.25, 0.3) is 5.91 Å². The van der Waals surface area contributed by atoms with Crippen molar-refractivity contribution in [1.29, 1.82) is 5.26 Å². The second-order valence-corrected chi connectivity index (χ2v) is 8.85. The zero-order valence-corrected chi connectivity index (χ0v) is 17.8. The number of amides is 3. The third-order valence-corrected chi connectivity index (χ3v) is 6.38. The van der Waals surface area contributed by atoms with Crippen LogP contribution < -0.4 is 10.6 Å². The molecule has 1 saturated heterocycles. The maximum atomic E-state index is 13.0. The van der Waals surface area contributed by atoms with E-state index in [1.165, 1.54) is 18.3 Å². The number of anilines is 1. The van der Waals surface area contributed by atoms with Gasteiger partial charge in [0.1, 0.15) is 17.8 Å². The molecule has 12 heteroatoms. The number of halogens is 3. The summed E-state index contributed by atoms with van der Waals surface area (Å²) in [4.78, 5) is 26.9. The number of hydrogen-bond acceptors (Lipinski definition) is 4. The Morgan fingerprint density at radius 3 is 2.71 bits per heavy atom. The van der Waals surface area contributed by atoms with E-state index in [0.717, 1.165) is 12.1 Å². The highest BCUT2D eigenvalue weighted by Crippen LogP contribution is 2.48. The number of aromatic nitrogens is 3. The molecule has 3 heterocycles. The standard InChI is InChI=1S/C22H20F3N7O2/c23-22(24,25)14-2-1-3-15(8-14)28-20(34)29-16-9-21(10-16)12-31(13-21)19(33)17-11-27-32-7-6-30(5-4-26)18(17)32/h1-3,6-8,11,16H,5,9-10,12-13H2,(H2,28,29,34). The van der Waals surface area contributed by atoms with Crippen LogP contribution in [-0.4, -0.2) is 50.2 Å². The molecule has 3 aromatic rings. The lowest BCUT2D eigenvalue weighted by Gasteiger charge is -2.58. The van der Waals surface area contributed by atoms with Gasteiger partial charge in [-0.1, -0.05) is 6.07 Å². The molecular formula is C22H20F3N7O2. The Kier molecular flexibility index (Phi) is 5.00. The Morgan fingerprint density at radius 1 is 1.24 bits per heavy atom. The first-order chi connectivity index (χ1) is 16.2. The lowest BCUT2D eigenvalue weighted by molar-refractivity contribution is -0.137. The summed E-state index contributed by atoms with van der Waals surface area (Å²) in [5.74, 6) is -0.155. The van der Waals surface area contributed by atoms with Gasteiger partial charge in [0.05, 0.1) is 17.8 Å². The highest BCUT2D eigenvalue weighted by molar-refractivity contribution is 6.00. The highest BCUT2D eigenvalue weighted by Gasteiger charge is 2.54. The van der Waals surface area contributed by atoms with Crippen molar-refractivity contribution in [1.82, 2.24) is 24.4 Å². The number of likely N-dealkylation sites (tertiary alicyclic amines) is 1. The largest absolute Gasteiger partial charge is 0.416 e. The van der Waals surface area contributed by atoms with Crippen LogP contribution in [0.4, 0.5) is 23.7 Å². The monoisotopic (exact) mass is 471 g/mol. The molecule has 5 rings (SSSR count). The van der Waals surface area contributed by atoms with Gasteiger partial charge in [0.15, 0.2) is 0 Å². The Labute approximate surface area is 191 Å². The predicted molar refractivity (Wildman–Crippen MR) is 114 cm³/mol. The third kappa shape index (κ3) is 3.83. The van der Waals surface area contributed by atoms with E-state index in [4.69, 9.17) is 5.26 Å². The topological polar surface area (TPSA) is 107 Å². The fourth-order valence-electron chi connectivity index (χ4n) is 4.87. The first-order valence-electron chi connectivity index (χ1n) is 10.6. The second kappa shape index (κ2) is 7.79. The van der Waals surface area contributed by atoms with Crippen molar-refractivity contribution in [2.45, 2.75) is 31.6 Å². The van der Waals surface area contributed by atoms with E-state index in [9.17, 15) is 22.8 Å². The Balaban J connectivity index is 1.13. The van der Waals surface area contributed by atoms with Gasteiger partial charge in [-0.15, -0.1) is 0 Å². The number of nitriles is 1. The Hall–Kier alpha value is -4.01. The number of carbonyl (C=O) groups excluding carboxylic acids is 2. The molecule has 2 fully saturated rings. The number of fused-ring (bicyclic) bond motifs is 1. The van der Waals surface area contributed by atoms with Gasteiger partial charge in [-0.2, -0.15) is 23.5 Å². The third-order valence-electron chi connectivity index (χ3n) is 6.38. The summed E-state index contributed by atoms with van der Waals surface area (Å²) in [5, 5.41) is 18.4. The van der Waals surface area contributed by atoms with Gasteiger partial charge < -0.3 is 20.1 Å². The number of hydrogen-bond donors (Lipinski definition) is 2. The first-order valence-corrected chi connectivity index (χ1v) is 10.6. The maximum absolute atomic E-state index is 13.0. The zero-order chi connectivity index (χ0) is 24.1. The van der Waals surface area contributed by atoms with Crippen LogP contribution in [0.15, 0.2) is 42.9 Å². The molecule has 2 N–H and O–H groups in total. The number of carbonyl (C=O) groups is 2. The average Bonchev–Trinajstić information content (AvgIpc) is 3.31. The number of benzene rings is 1. The normalized spacial score (nSPS) is 17.2. The van der Waals surface area contributed by atoms with Crippen LogP contribution in [0.3, 0.4) is 0 Å². The number of rotatable bonds is 4. The van der Waals surface area contributed by atoms with Crippen molar-refractivity contribution >= 4 is 23.3 Å². The van der Waals surface area contributed by atoms with E-state index in [2.05, 4.69) is 21.8 Å². The molecule has 1 aliphatic carbocycles. The van der Waals surface area contributed by atoms with E-state index < -0.39 is 17.8 Å². The number of imidazole rings is 1. The van der Waals surface area contributed by atoms with E-state index in [1.54, 1.807) is 26.4 Å². The minimum absolute atomic E-state index is 0.0647. The Morgan fingerprint density at radius 2 is 2.00 bits per heavy atom. The number of nitrogens with one attached hydrogen (secondary N) is 2. The van der Waals surface area contributed by atoms with Crippen LogP contribution in [0.2, 0.25) is 0 Å². The van der Waals surface area contributed by atoms with E-state index in [1.807, 2.05) is 0 Å². The minimum atomic E-state index is -4.48. The zero-order valence-electron chi connectivity index (χ0n) is 17.8. The van der Waals surface area contributed by atoms with E-state index in [0.29, 0.717) is 37.1 Å². The Bertz CT molecular complexity index is 1310. The summed E-state index contributed by atoms with van der Waals surface area (Å²) >= 11 is 0. The van der Waals surface area contributed by atoms with Gasteiger partial charge >= 0.3 is 12.2 Å². The first kappa shape index (κ1) is 21.8. The molecule has 34 heavy (non-hydrogen) atoms. The second-order valence-electron chi connectivity index (χ2n) is 8.85. The van der Waals surface area contributed by atoms with Gasteiger partial charge in [0, 0.05) is 42.6 Å². The smallest absolute Gasteiger partial charge is 0.337 e. The van der Waals surface area contributed by atoms with Crippen LogP contribution >= 0.6 is 0 Å². The SMILES string of the molecule is N#CCn1ccn2ncc(C(=O)N3CC4(CC(NC(=O)Nc5cccc(C(F)(F)F)c5)C4)C3)c12. The summed E-state index contributed by atoms with van der Waals surface area (Å²) < 4.78 is 41.7. The average molecular weight is 471 g/mol. The quantitative estimate of drug-likeness (QED) is 0.610. The molecule has 176 valence electrons. The molecule has 1 aliphatic heterocycles. The lowest BCUT2D eigenvalue weighted by Crippen LogP contribution is -2.67. The van der Waals surface area contributed by atoms with Gasteiger partial charge in [-0.25, -0.2) is 9.31 Å². The van der Waals surface area contributed by atoms with E-state index >= 15 is 0 Å². The number of nitrogens with zero attached hydrogens (tertiary/aromatic N) is 5. The van der Waals surface area contributed by atoms with Crippen molar-refractivity contribution < 1.29 is 22.8 Å². The molecule has 2 aromatic heterocycles. The molecule has 9 nitrogen and oxygen atoms in total. The van der Waals surface area contributed by atoms with Crippen molar-refractivity contribution in [2.75, 3.05) is 18.4 Å². The molecule has 1 spiro atoms. The number of urea groups is 1. The summed E-state index contributed by atoms with van der Waals surface area (Å²) in [5.41, 5.74) is 0.180. The van der Waals surface area contributed by atoms with Crippen molar-refractivity contribution in [2.24, 2.45) is 5.41 Å². The fraction of sp³-hybridized carbons (Fsp3) is 0.364.